The minimum Gasteiger partial charge on any atom is -0.462 e. The van der Waals surface area contributed by atoms with Crippen LogP contribution >= 0.6 is 11.8 Å². The van der Waals surface area contributed by atoms with Crippen molar-refractivity contribution >= 4 is 17.7 Å². The number of carbonyl (C=O) groups excluding carboxylic acids is 1. The van der Waals surface area contributed by atoms with E-state index in [4.69, 9.17) is 4.74 Å². The quantitative estimate of drug-likeness (QED) is 0.622. The predicted molar refractivity (Wildman–Crippen MR) is 71.3 cm³/mol. The summed E-state index contributed by atoms with van der Waals surface area (Å²) in [6.45, 7) is 1.02. The highest BCUT2D eigenvalue weighted by Crippen LogP contribution is 2.20. The zero-order valence-electron chi connectivity index (χ0n) is 10.5. The van der Waals surface area contributed by atoms with Gasteiger partial charge in [0.15, 0.2) is 0 Å². The fourth-order valence-electron chi connectivity index (χ4n) is 2.55. The number of hydrogen-bond acceptors (Lipinski definition) is 4. The Balaban J connectivity index is 1.68. The molecule has 1 atom stereocenters. The first-order valence-corrected chi connectivity index (χ1v) is 8.00. The summed E-state index contributed by atoms with van der Waals surface area (Å²) in [7, 11) is 0. The molecular weight excluding hydrogens is 234 g/mol. The van der Waals surface area contributed by atoms with Gasteiger partial charge in [0.25, 0.3) is 0 Å². The number of nitrogens with one attached hydrogen (secondary N) is 1. The summed E-state index contributed by atoms with van der Waals surface area (Å²) in [5.41, 5.74) is 0. The summed E-state index contributed by atoms with van der Waals surface area (Å²) in [6.07, 6.45) is 7.91. The van der Waals surface area contributed by atoms with E-state index < -0.39 is 0 Å². The Bertz CT molecular complexity index is 234. The lowest BCUT2D eigenvalue weighted by atomic mass is 10.1. The van der Waals surface area contributed by atoms with Crippen LogP contribution < -0.4 is 5.32 Å². The van der Waals surface area contributed by atoms with Gasteiger partial charge in [0.2, 0.25) is 0 Å². The highest BCUT2D eigenvalue weighted by molar-refractivity contribution is 7.99. The van der Waals surface area contributed by atoms with E-state index in [0.717, 1.165) is 30.9 Å². The lowest BCUT2D eigenvalue weighted by molar-refractivity contribution is -0.150. The molecule has 2 fully saturated rings. The van der Waals surface area contributed by atoms with Gasteiger partial charge < -0.3 is 10.1 Å². The Morgan fingerprint density at radius 1 is 1.24 bits per heavy atom. The van der Waals surface area contributed by atoms with E-state index in [9.17, 15) is 4.79 Å². The first-order valence-electron chi connectivity index (χ1n) is 6.85. The van der Waals surface area contributed by atoms with Gasteiger partial charge in [0.05, 0.1) is 6.42 Å². The zero-order valence-corrected chi connectivity index (χ0v) is 11.3. The van der Waals surface area contributed by atoms with Gasteiger partial charge in [-0.25, -0.2) is 0 Å². The summed E-state index contributed by atoms with van der Waals surface area (Å²) in [6, 6.07) is 0.326. The van der Waals surface area contributed by atoms with E-state index in [2.05, 4.69) is 5.32 Å². The second-order valence-electron chi connectivity index (χ2n) is 5.03. The van der Waals surface area contributed by atoms with E-state index in [1.165, 1.54) is 25.7 Å². The van der Waals surface area contributed by atoms with Crippen molar-refractivity contribution in [1.82, 2.24) is 5.32 Å². The standard InChI is InChI=1S/C13H23NO2S/c15-13(9-11-10-17-8-7-14-11)16-12-5-3-1-2-4-6-12/h11-12,14H,1-10H2. The Hall–Kier alpha value is -0.220. The maximum absolute atomic E-state index is 11.8. The molecular formula is C13H23NO2S. The van der Waals surface area contributed by atoms with Crippen LogP contribution in [-0.4, -0.2) is 36.2 Å². The molecule has 0 amide bonds. The monoisotopic (exact) mass is 257 g/mol. The smallest absolute Gasteiger partial charge is 0.307 e. The molecule has 2 rings (SSSR count). The number of rotatable bonds is 3. The molecule has 1 unspecified atom stereocenters. The molecule has 0 aromatic carbocycles. The number of esters is 1. The molecule has 1 saturated heterocycles. The van der Waals surface area contributed by atoms with Gasteiger partial charge in [0, 0.05) is 24.1 Å². The molecule has 1 saturated carbocycles. The normalized spacial score (nSPS) is 27.4. The largest absolute Gasteiger partial charge is 0.462 e. The van der Waals surface area contributed by atoms with Crippen LogP contribution in [0.1, 0.15) is 44.9 Å². The summed E-state index contributed by atoms with van der Waals surface area (Å²) < 4.78 is 5.59. The van der Waals surface area contributed by atoms with E-state index in [0.29, 0.717) is 12.5 Å². The highest BCUT2D eigenvalue weighted by atomic mass is 32.2. The van der Waals surface area contributed by atoms with Crippen molar-refractivity contribution in [2.24, 2.45) is 0 Å². The molecule has 0 aromatic heterocycles. The van der Waals surface area contributed by atoms with E-state index >= 15 is 0 Å². The average molecular weight is 257 g/mol. The molecule has 1 heterocycles. The van der Waals surface area contributed by atoms with Gasteiger partial charge in [-0.2, -0.15) is 11.8 Å². The first-order chi connectivity index (χ1) is 8.34. The van der Waals surface area contributed by atoms with Crippen LogP contribution in [0, 0.1) is 0 Å². The van der Waals surface area contributed by atoms with E-state index in [1.807, 2.05) is 11.8 Å². The molecule has 0 radical (unpaired) electrons. The second kappa shape index (κ2) is 7.27. The van der Waals surface area contributed by atoms with Gasteiger partial charge in [0.1, 0.15) is 6.10 Å². The molecule has 0 aromatic rings. The highest BCUT2D eigenvalue weighted by Gasteiger charge is 2.21. The summed E-state index contributed by atoms with van der Waals surface area (Å²) in [4.78, 5) is 11.8. The van der Waals surface area contributed by atoms with Crippen molar-refractivity contribution in [1.29, 1.82) is 0 Å². The minimum absolute atomic E-state index is 0.00287. The van der Waals surface area contributed by atoms with Gasteiger partial charge in [-0.1, -0.05) is 12.8 Å². The Morgan fingerprint density at radius 3 is 2.65 bits per heavy atom. The lowest BCUT2D eigenvalue weighted by Gasteiger charge is -2.23. The van der Waals surface area contributed by atoms with E-state index in [1.54, 1.807) is 0 Å². The molecule has 98 valence electrons. The van der Waals surface area contributed by atoms with Crippen LogP contribution in [0.4, 0.5) is 0 Å². The maximum atomic E-state index is 11.8. The van der Waals surface area contributed by atoms with E-state index in [-0.39, 0.29) is 12.1 Å². The average Bonchev–Trinajstić information content (AvgIpc) is 2.59. The molecule has 4 heteroatoms. The van der Waals surface area contributed by atoms with Crippen molar-refractivity contribution in [3.05, 3.63) is 0 Å². The fraction of sp³-hybridized carbons (Fsp3) is 0.923. The van der Waals surface area contributed by atoms with Crippen molar-refractivity contribution in [3.8, 4) is 0 Å². The molecule has 0 spiro atoms. The van der Waals surface area contributed by atoms with Gasteiger partial charge in [-0.3, -0.25) is 4.79 Å². The number of hydrogen-bond donors (Lipinski definition) is 1. The zero-order chi connectivity index (χ0) is 11.9. The molecule has 17 heavy (non-hydrogen) atoms. The lowest BCUT2D eigenvalue weighted by Crippen LogP contribution is -2.39. The molecule has 2 aliphatic rings. The minimum atomic E-state index is -0.00287. The Morgan fingerprint density at radius 2 is 2.00 bits per heavy atom. The Kier molecular flexibility index (Phi) is 5.65. The SMILES string of the molecule is O=C(CC1CSCCN1)OC1CCCCCC1. The van der Waals surface area contributed by atoms with Crippen LogP contribution in [0.5, 0.6) is 0 Å². The van der Waals surface area contributed by atoms with Crippen LogP contribution in [0.15, 0.2) is 0 Å². The third-order valence-electron chi connectivity index (χ3n) is 3.51. The van der Waals surface area contributed by atoms with Crippen LogP contribution in [0.25, 0.3) is 0 Å². The summed E-state index contributed by atoms with van der Waals surface area (Å²) in [5.74, 6) is 2.20. The molecule has 0 bridgehead atoms. The molecule has 1 aliphatic heterocycles. The van der Waals surface area contributed by atoms with Crippen molar-refractivity contribution < 1.29 is 9.53 Å². The van der Waals surface area contributed by atoms with Crippen molar-refractivity contribution in [2.75, 3.05) is 18.1 Å². The third-order valence-corrected chi connectivity index (χ3v) is 4.64. The van der Waals surface area contributed by atoms with Crippen LogP contribution in [0.3, 0.4) is 0 Å². The maximum Gasteiger partial charge on any atom is 0.307 e. The summed E-state index contributed by atoms with van der Waals surface area (Å²) >= 11 is 1.92. The van der Waals surface area contributed by atoms with Crippen molar-refractivity contribution in [3.63, 3.8) is 0 Å². The third kappa shape index (κ3) is 4.88. The van der Waals surface area contributed by atoms with Crippen LogP contribution in [-0.2, 0) is 9.53 Å². The van der Waals surface area contributed by atoms with Crippen LogP contribution in [0.2, 0.25) is 0 Å². The topological polar surface area (TPSA) is 38.3 Å². The number of thioether (sulfide) groups is 1. The molecule has 1 aliphatic carbocycles. The second-order valence-corrected chi connectivity index (χ2v) is 6.18. The predicted octanol–water partition coefficient (Wildman–Crippen LogP) is 2.35. The number of ether oxygens (including phenoxy) is 1. The molecule has 1 N–H and O–H groups in total. The summed E-state index contributed by atoms with van der Waals surface area (Å²) in [5, 5.41) is 3.38. The first kappa shape index (κ1) is 13.2. The van der Waals surface area contributed by atoms with Crippen molar-refractivity contribution in [2.45, 2.75) is 57.1 Å². The molecule has 3 nitrogen and oxygen atoms in total. The fourth-order valence-corrected chi connectivity index (χ4v) is 3.49. The van der Waals surface area contributed by atoms with Gasteiger partial charge in [-0.05, 0) is 25.7 Å². The number of carbonyl (C=O) groups is 1. The van der Waals surface area contributed by atoms with Gasteiger partial charge >= 0.3 is 5.97 Å². The Labute approximate surface area is 108 Å². The van der Waals surface area contributed by atoms with Gasteiger partial charge in [-0.15, -0.1) is 0 Å².